The highest BCUT2D eigenvalue weighted by Gasteiger charge is 2.62. The number of amides is 2. The molecule has 0 bridgehead atoms. The molecule has 0 spiro atoms. The third-order valence-corrected chi connectivity index (χ3v) is 6.83. The van der Waals surface area contributed by atoms with E-state index in [0.717, 1.165) is 11.1 Å². The molecule has 1 fully saturated rings. The number of aliphatic carboxylic acids is 1. The summed E-state index contributed by atoms with van der Waals surface area (Å²) in [6.45, 7) is 8.45. The average Bonchev–Trinajstić information content (AvgIpc) is 2.81. The molecule has 0 aromatic heterocycles. The van der Waals surface area contributed by atoms with Gasteiger partial charge in [-0.25, -0.2) is 18.4 Å². The zero-order valence-corrected chi connectivity index (χ0v) is 22.2. The van der Waals surface area contributed by atoms with Gasteiger partial charge in [-0.15, -0.1) is 0 Å². The molecule has 0 radical (unpaired) electrons. The minimum Gasteiger partial charge on any atom is -0.493 e. The van der Waals surface area contributed by atoms with E-state index in [1.54, 1.807) is 19.1 Å². The number of hydrogen-bond acceptors (Lipinski definition) is 4. The van der Waals surface area contributed by atoms with Gasteiger partial charge in [0.2, 0.25) is 0 Å². The Balaban J connectivity index is 1.94. The van der Waals surface area contributed by atoms with E-state index >= 15 is 0 Å². The van der Waals surface area contributed by atoms with E-state index in [9.17, 15) is 23.5 Å². The zero-order chi connectivity index (χ0) is 27.4. The van der Waals surface area contributed by atoms with Gasteiger partial charge in [0.15, 0.2) is 5.54 Å². The topological polar surface area (TPSA) is 88.1 Å². The van der Waals surface area contributed by atoms with Crippen molar-refractivity contribution in [2.75, 3.05) is 19.8 Å². The first-order valence-corrected chi connectivity index (χ1v) is 12.6. The van der Waals surface area contributed by atoms with Crippen molar-refractivity contribution in [3.63, 3.8) is 0 Å². The average molecular weight is 539 g/mol. The van der Waals surface area contributed by atoms with Crippen LogP contribution < -0.4 is 14.8 Å². The van der Waals surface area contributed by atoms with Crippen LogP contribution >= 0.6 is 11.6 Å². The van der Waals surface area contributed by atoms with Crippen LogP contribution in [0.3, 0.4) is 0 Å². The van der Waals surface area contributed by atoms with Gasteiger partial charge >= 0.3 is 12.0 Å². The van der Waals surface area contributed by atoms with Crippen molar-refractivity contribution < 1.29 is 33.0 Å². The lowest BCUT2D eigenvalue weighted by atomic mass is 9.73. The SMILES string of the molecule is CCOc1cc([C@@H](C)N(CCc2ccc(Cl)cc2)C(=O)NC2(C(=O)O)CC(F)(F)C2)cc(OCC)c1C. The number of rotatable bonds is 11. The Morgan fingerprint density at radius 1 is 1.11 bits per heavy atom. The Bertz CT molecular complexity index is 1090. The molecule has 2 aromatic carbocycles. The number of carbonyl (C=O) groups is 2. The second-order valence-electron chi connectivity index (χ2n) is 9.28. The summed E-state index contributed by atoms with van der Waals surface area (Å²) in [6, 6.07) is 9.49. The van der Waals surface area contributed by atoms with Crippen LogP contribution in [-0.4, -0.2) is 53.2 Å². The Morgan fingerprint density at radius 2 is 1.65 bits per heavy atom. The lowest BCUT2D eigenvalue weighted by Crippen LogP contribution is -2.68. The van der Waals surface area contributed by atoms with E-state index in [1.165, 1.54) is 4.90 Å². The van der Waals surface area contributed by atoms with Crippen LogP contribution in [0.25, 0.3) is 0 Å². The molecular weight excluding hydrogens is 506 g/mol. The van der Waals surface area contributed by atoms with E-state index in [4.69, 9.17) is 21.1 Å². The largest absolute Gasteiger partial charge is 0.493 e. The molecule has 0 heterocycles. The Labute approximate surface area is 220 Å². The second kappa shape index (κ2) is 11.5. The fourth-order valence-electron chi connectivity index (χ4n) is 4.49. The summed E-state index contributed by atoms with van der Waals surface area (Å²) in [7, 11) is 0. The van der Waals surface area contributed by atoms with Crippen molar-refractivity contribution in [3.05, 3.63) is 58.1 Å². The molecule has 0 aliphatic heterocycles. The molecule has 7 nitrogen and oxygen atoms in total. The summed E-state index contributed by atoms with van der Waals surface area (Å²) < 4.78 is 38.9. The molecule has 1 atom stereocenters. The van der Waals surface area contributed by atoms with Crippen molar-refractivity contribution in [2.45, 2.75) is 64.5 Å². The van der Waals surface area contributed by atoms with E-state index in [2.05, 4.69) is 5.32 Å². The number of alkyl halides is 2. The maximum atomic E-state index is 13.7. The number of nitrogens with one attached hydrogen (secondary N) is 1. The van der Waals surface area contributed by atoms with E-state index in [0.29, 0.717) is 41.7 Å². The molecule has 2 N–H and O–H groups in total. The maximum absolute atomic E-state index is 13.7. The van der Waals surface area contributed by atoms with Gasteiger partial charge in [0.1, 0.15) is 11.5 Å². The van der Waals surface area contributed by atoms with Gasteiger partial charge in [-0.05, 0) is 69.5 Å². The normalized spacial score (nSPS) is 16.3. The third-order valence-electron chi connectivity index (χ3n) is 6.58. The van der Waals surface area contributed by atoms with Gasteiger partial charge in [-0.2, -0.15) is 0 Å². The number of halogens is 3. The Hall–Kier alpha value is -3.07. The number of nitrogens with zero attached hydrogens (tertiary/aromatic N) is 1. The minimum absolute atomic E-state index is 0.197. The molecule has 0 saturated heterocycles. The first-order valence-electron chi connectivity index (χ1n) is 12.3. The number of carboxylic acid groups (broad SMARTS) is 1. The van der Waals surface area contributed by atoms with Crippen LogP contribution in [0.5, 0.6) is 11.5 Å². The van der Waals surface area contributed by atoms with Crippen LogP contribution in [-0.2, 0) is 11.2 Å². The van der Waals surface area contributed by atoms with Gasteiger partial charge in [0, 0.05) is 30.0 Å². The standard InChI is InChI=1S/C27H33ClF2N2O5/c1-5-36-22-13-20(14-23(17(22)3)37-6-2)18(4)32(12-11-19-7-9-21(28)10-8-19)25(35)31-26(24(33)34)15-27(29,30)16-26/h7-10,13-14,18H,5-6,11-12,15-16H2,1-4H3,(H,31,35)(H,33,34)/t18-/m1/s1. The highest BCUT2D eigenvalue weighted by Crippen LogP contribution is 2.46. The molecule has 1 saturated carbocycles. The molecular formula is C27H33ClF2N2O5. The molecule has 10 heteroatoms. The van der Waals surface area contributed by atoms with Crippen molar-refractivity contribution in [1.29, 1.82) is 0 Å². The lowest BCUT2D eigenvalue weighted by Gasteiger charge is -2.45. The lowest BCUT2D eigenvalue weighted by molar-refractivity contribution is -0.175. The smallest absolute Gasteiger partial charge is 0.329 e. The summed E-state index contributed by atoms with van der Waals surface area (Å²) >= 11 is 5.98. The highest BCUT2D eigenvalue weighted by atomic mass is 35.5. The predicted octanol–water partition coefficient (Wildman–Crippen LogP) is 6.01. The van der Waals surface area contributed by atoms with Gasteiger partial charge in [-0.1, -0.05) is 23.7 Å². The molecule has 1 aliphatic rings. The predicted molar refractivity (Wildman–Crippen MR) is 137 cm³/mol. The molecule has 2 aromatic rings. The van der Waals surface area contributed by atoms with E-state index in [-0.39, 0.29) is 6.54 Å². The maximum Gasteiger partial charge on any atom is 0.329 e. The number of urea groups is 1. The molecule has 202 valence electrons. The van der Waals surface area contributed by atoms with Gasteiger partial charge in [0.25, 0.3) is 5.92 Å². The first kappa shape index (κ1) is 28.5. The Morgan fingerprint density at radius 3 is 2.11 bits per heavy atom. The quantitative estimate of drug-likeness (QED) is 0.365. The van der Waals surface area contributed by atoms with Crippen molar-refractivity contribution >= 4 is 23.6 Å². The summed E-state index contributed by atoms with van der Waals surface area (Å²) in [5.74, 6) is -3.41. The van der Waals surface area contributed by atoms with Crippen LogP contribution in [0, 0.1) is 6.92 Å². The number of hydrogen-bond donors (Lipinski definition) is 2. The minimum atomic E-state index is -3.14. The number of ether oxygens (including phenoxy) is 2. The van der Waals surface area contributed by atoms with Crippen molar-refractivity contribution in [1.82, 2.24) is 10.2 Å². The van der Waals surface area contributed by atoms with Crippen LogP contribution in [0.2, 0.25) is 5.02 Å². The van der Waals surface area contributed by atoms with Crippen molar-refractivity contribution in [3.8, 4) is 11.5 Å². The van der Waals surface area contributed by atoms with Gasteiger partial charge in [-0.3, -0.25) is 0 Å². The van der Waals surface area contributed by atoms with E-state index < -0.39 is 42.3 Å². The highest BCUT2D eigenvalue weighted by molar-refractivity contribution is 6.30. The summed E-state index contributed by atoms with van der Waals surface area (Å²) in [6.07, 6.45) is -1.46. The third kappa shape index (κ3) is 6.63. The molecule has 0 unspecified atom stereocenters. The number of carbonyl (C=O) groups excluding carboxylic acids is 1. The van der Waals surface area contributed by atoms with E-state index in [1.807, 2.05) is 45.0 Å². The molecule has 2 amide bonds. The first-order chi connectivity index (χ1) is 17.4. The van der Waals surface area contributed by atoms with Crippen LogP contribution in [0.1, 0.15) is 56.3 Å². The molecule has 3 rings (SSSR count). The number of carboxylic acids is 1. The summed E-state index contributed by atoms with van der Waals surface area (Å²) in [5.41, 5.74) is 0.413. The zero-order valence-electron chi connectivity index (χ0n) is 21.4. The van der Waals surface area contributed by atoms with Gasteiger partial charge < -0.3 is 24.8 Å². The van der Waals surface area contributed by atoms with Crippen LogP contribution in [0.15, 0.2) is 36.4 Å². The Kier molecular flexibility index (Phi) is 8.89. The fraction of sp³-hybridized carbons (Fsp3) is 0.481. The fourth-order valence-corrected chi connectivity index (χ4v) is 4.61. The monoisotopic (exact) mass is 538 g/mol. The van der Waals surface area contributed by atoms with Crippen LogP contribution in [0.4, 0.5) is 13.6 Å². The molecule has 37 heavy (non-hydrogen) atoms. The van der Waals surface area contributed by atoms with Gasteiger partial charge in [0.05, 0.1) is 19.3 Å². The summed E-state index contributed by atoms with van der Waals surface area (Å²) in [5, 5.41) is 12.6. The number of benzene rings is 2. The summed E-state index contributed by atoms with van der Waals surface area (Å²) in [4.78, 5) is 26.8. The van der Waals surface area contributed by atoms with Crippen molar-refractivity contribution in [2.24, 2.45) is 0 Å². The second-order valence-corrected chi connectivity index (χ2v) is 9.72. The molecule has 1 aliphatic carbocycles.